The number of nitrogens with one attached hydrogen (secondary N) is 2. The number of H-pyrrole nitrogens is 1. The Morgan fingerprint density at radius 1 is 0.920 bits per heavy atom. The normalized spacial score (nSPS) is 11.0. The average Bonchev–Trinajstić information content (AvgIpc) is 2.98. The predicted molar refractivity (Wildman–Crippen MR) is 100 cm³/mol. The second-order valence-corrected chi connectivity index (χ2v) is 6.19. The molecule has 124 valence electrons. The van der Waals surface area contributed by atoms with Crippen molar-refractivity contribution in [2.45, 2.75) is 20.3 Å². The van der Waals surface area contributed by atoms with Crippen LogP contribution in [-0.4, -0.2) is 19.9 Å². The Kier molecular flexibility index (Phi) is 3.90. The first-order chi connectivity index (χ1) is 12.2. The number of pyridine rings is 1. The summed E-state index contributed by atoms with van der Waals surface area (Å²) in [6.45, 7) is 3.92. The predicted octanol–water partition coefficient (Wildman–Crippen LogP) is 4.30. The molecule has 0 atom stereocenters. The van der Waals surface area contributed by atoms with E-state index in [0.717, 1.165) is 40.5 Å². The lowest BCUT2D eigenvalue weighted by atomic mass is 10.1. The molecule has 5 heteroatoms. The van der Waals surface area contributed by atoms with Crippen LogP contribution in [0.1, 0.15) is 22.6 Å². The lowest BCUT2D eigenvalue weighted by Gasteiger charge is -2.09. The number of fused-ring (bicyclic) bond motifs is 1. The summed E-state index contributed by atoms with van der Waals surface area (Å²) in [7, 11) is 0. The highest BCUT2D eigenvalue weighted by Gasteiger charge is 2.08. The second-order valence-electron chi connectivity index (χ2n) is 6.19. The van der Waals surface area contributed by atoms with Gasteiger partial charge in [0.05, 0.1) is 5.39 Å². The van der Waals surface area contributed by atoms with Crippen molar-refractivity contribution < 1.29 is 0 Å². The monoisotopic (exact) mass is 329 g/mol. The van der Waals surface area contributed by atoms with Crippen LogP contribution in [0.2, 0.25) is 0 Å². The Morgan fingerprint density at radius 2 is 1.64 bits per heavy atom. The van der Waals surface area contributed by atoms with Crippen molar-refractivity contribution in [2.24, 2.45) is 0 Å². The van der Waals surface area contributed by atoms with Crippen molar-refractivity contribution in [2.75, 3.05) is 5.32 Å². The van der Waals surface area contributed by atoms with Crippen LogP contribution in [0.5, 0.6) is 0 Å². The average molecular weight is 329 g/mol. The van der Waals surface area contributed by atoms with Gasteiger partial charge in [0.1, 0.15) is 17.3 Å². The molecular weight excluding hydrogens is 310 g/mol. The maximum absolute atomic E-state index is 4.55. The zero-order valence-corrected chi connectivity index (χ0v) is 14.2. The fraction of sp³-hybridized carbons (Fsp3) is 0.150. The lowest BCUT2D eigenvalue weighted by Crippen LogP contribution is -1.98. The van der Waals surface area contributed by atoms with Crippen LogP contribution >= 0.6 is 0 Å². The van der Waals surface area contributed by atoms with Gasteiger partial charge in [-0.2, -0.15) is 0 Å². The van der Waals surface area contributed by atoms with Crippen molar-refractivity contribution in [1.82, 2.24) is 19.9 Å². The SMILES string of the molecule is Cc1nc(Nc2ccc(Cc3ccncc3)cc2)c2cc(C)[nH]c2n1. The van der Waals surface area contributed by atoms with Gasteiger partial charge in [-0.05, 0) is 61.7 Å². The van der Waals surface area contributed by atoms with Crippen LogP contribution in [0.3, 0.4) is 0 Å². The molecular formula is C20H19N5. The van der Waals surface area contributed by atoms with E-state index < -0.39 is 0 Å². The Labute approximate surface area is 146 Å². The first-order valence-corrected chi connectivity index (χ1v) is 8.26. The molecule has 0 unspecified atom stereocenters. The molecule has 0 saturated heterocycles. The summed E-state index contributed by atoms with van der Waals surface area (Å²) in [6, 6.07) is 14.6. The van der Waals surface area contributed by atoms with E-state index in [1.54, 1.807) is 0 Å². The van der Waals surface area contributed by atoms with Gasteiger partial charge in [-0.1, -0.05) is 12.1 Å². The minimum Gasteiger partial charge on any atom is -0.343 e. The number of rotatable bonds is 4. The number of anilines is 2. The van der Waals surface area contributed by atoms with Gasteiger partial charge in [0.25, 0.3) is 0 Å². The molecule has 1 aromatic carbocycles. The number of aromatic amines is 1. The maximum atomic E-state index is 4.55. The second kappa shape index (κ2) is 6.36. The minimum absolute atomic E-state index is 0.742. The molecule has 0 aliphatic carbocycles. The zero-order chi connectivity index (χ0) is 17.2. The van der Waals surface area contributed by atoms with E-state index in [-0.39, 0.29) is 0 Å². The summed E-state index contributed by atoms with van der Waals surface area (Å²) in [5.74, 6) is 1.57. The molecule has 4 aromatic rings. The summed E-state index contributed by atoms with van der Waals surface area (Å²) in [5.41, 5.74) is 5.47. The summed E-state index contributed by atoms with van der Waals surface area (Å²) in [5, 5.41) is 4.41. The van der Waals surface area contributed by atoms with Crippen LogP contribution in [-0.2, 0) is 6.42 Å². The van der Waals surface area contributed by atoms with Crippen LogP contribution < -0.4 is 5.32 Å². The standard InChI is InChI=1S/C20H19N5/c1-13-11-18-19(22-13)23-14(2)24-20(18)25-17-5-3-15(4-6-17)12-16-7-9-21-10-8-16/h3-11H,12H2,1-2H3,(H2,22,23,24,25). The first-order valence-electron chi connectivity index (χ1n) is 8.26. The van der Waals surface area contributed by atoms with Gasteiger partial charge in [0.15, 0.2) is 0 Å². The van der Waals surface area contributed by atoms with E-state index in [9.17, 15) is 0 Å². The fourth-order valence-electron chi connectivity index (χ4n) is 2.93. The Morgan fingerprint density at radius 3 is 2.40 bits per heavy atom. The first kappa shape index (κ1) is 15.3. The molecule has 0 bridgehead atoms. The number of nitrogens with zero attached hydrogens (tertiary/aromatic N) is 3. The molecule has 0 spiro atoms. The third kappa shape index (κ3) is 3.35. The van der Waals surface area contributed by atoms with E-state index in [0.29, 0.717) is 0 Å². The van der Waals surface area contributed by atoms with E-state index in [4.69, 9.17) is 0 Å². The molecule has 2 N–H and O–H groups in total. The third-order valence-electron chi connectivity index (χ3n) is 4.11. The number of benzene rings is 1. The highest BCUT2D eigenvalue weighted by Crippen LogP contribution is 2.25. The van der Waals surface area contributed by atoms with Gasteiger partial charge in [0, 0.05) is 23.8 Å². The Bertz CT molecular complexity index is 1000. The van der Waals surface area contributed by atoms with Crippen LogP contribution in [0.15, 0.2) is 54.9 Å². The van der Waals surface area contributed by atoms with E-state index in [2.05, 4.69) is 55.6 Å². The number of hydrogen-bond acceptors (Lipinski definition) is 4. The van der Waals surface area contributed by atoms with Crippen LogP contribution in [0.25, 0.3) is 11.0 Å². The molecule has 4 rings (SSSR count). The van der Waals surface area contributed by atoms with Gasteiger partial charge in [-0.3, -0.25) is 4.98 Å². The summed E-state index contributed by atoms with van der Waals surface area (Å²) in [6.07, 6.45) is 4.55. The van der Waals surface area contributed by atoms with Crippen LogP contribution in [0, 0.1) is 13.8 Å². The Balaban J connectivity index is 1.57. The van der Waals surface area contributed by atoms with Crippen LogP contribution in [0.4, 0.5) is 11.5 Å². The number of hydrogen-bond donors (Lipinski definition) is 2. The quantitative estimate of drug-likeness (QED) is 0.586. The van der Waals surface area contributed by atoms with E-state index in [1.807, 2.05) is 38.4 Å². The van der Waals surface area contributed by atoms with Crippen molar-refractivity contribution in [3.63, 3.8) is 0 Å². The van der Waals surface area contributed by atoms with Crippen molar-refractivity contribution in [1.29, 1.82) is 0 Å². The van der Waals surface area contributed by atoms with E-state index in [1.165, 1.54) is 11.1 Å². The van der Waals surface area contributed by atoms with Gasteiger partial charge in [-0.25, -0.2) is 9.97 Å². The largest absolute Gasteiger partial charge is 0.343 e. The smallest absolute Gasteiger partial charge is 0.143 e. The number of aryl methyl sites for hydroxylation is 2. The third-order valence-corrected chi connectivity index (χ3v) is 4.11. The number of aromatic nitrogens is 4. The molecule has 0 aliphatic rings. The molecule has 3 heterocycles. The molecule has 0 aliphatic heterocycles. The summed E-state index contributed by atoms with van der Waals surface area (Å²) in [4.78, 5) is 16.3. The van der Waals surface area contributed by atoms with Crippen molar-refractivity contribution in [3.8, 4) is 0 Å². The molecule has 5 nitrogen and oxygen atoms in total. The molecule has 3 aromatic heterocycles. The fourth-order valence-corrected chi connectivity index (χ4v) is 2.93. The minimum atomic E-state index is 0.742. The van der Waals surface area contributed by atoms with Gasteiger partial charge < -0.3 is 10.3 Å². The molecule has 0 radical (unpaired) electrons. The Hall–Kier alpha value is -3.21. The highest BCUT2D eigenvalue weighted by molar-refractivity contribution is 5.89. The topological polar surface area (TPSA) is 66.5 Å². The highest BCUT2D eigenvalue weighted by atomic mass is 15.1. The molecule has 25 heavy (non-hydrogen) atoms. The maximum Gasteiger partial charge on any atom is 0.143 e. The summed E-state index contributed by atoms with van der Waals surface area (Å²) >= 11 is 0. The molecule has 0 amide bonds. The molecule has 0 fully saturated rings. The van der Waals surface area contributed by atoms with E-state index >= 15 is 0 Å². The van der Waals surface area contributed by atoms with Gasteiger partial charge in [-0.15, -0.1) is 0 Å². The van der Waals surface area contributed by atoms with Gasteiger partial charge in [0.2, 0.25) is 0 Å². The molecule has 0 saturated carbocycles. The lowest BCUT2D eigenvalue weighted by molar-refractivity contribution is 1.08. The zero-order valence-electron chi connectivity index (χ0n) is 14.2. The van der Waals surface area contributed by atoms with Crippen molar-refractivity contribution in [3.05, 3.63) is 77.5 Å². The van der Waals surface area contributed by atoms with Gasteiger partial charge >= 0.3 is 0 Å². The summed E-state index contributed by atoms with van der Waals surface area (Å²) < 4.78 is 0. The van der Waals surface area contributed by atoms with Crippen molar-refractivity contribution >= 4 is 22.5 Å².